The quantitative estimate of drug-likeness (QED) is 0.352. The predicted octanol–water partition coefficient (Wildman–Crippen LogP) is 5.54. The van der Waals surface area contributed by atoms with Crippen molar-refractivity contribution in [3.05, 3.63) is 47.1 Å². The second-order valence-electron chi connectivity index (χ2n) is 9.15. The fourth-order valence-electron chi connectivity index (χ4n) is 4.10. The van der Waals surface area contributed by atoms with E-state index >= 15 is 0 Å². The van der Waals surface area contributed by atoms with E-state index in [0.717, 1.165) is 24.8 Å². The van der Waals surface area contributed by atoms with Crippen LogP contribution in [0.15, 0.2) is 40.6 Å². The van der Waals surface area contributed by atoms with Crippen LogP contribution in [-0.2, 0) is 24.2 Å². The van der Waals surface area contributed by atoms with Crippen LogP contribution in [0.5, 0.6) is 0 Å². The van der Waals surface area contributed by atoms with Crippen molar-refractivity contribution >= 4 is 34.0 Å². The second kappa shape index (κ2) is 9.57. The summed E-state index contributed by atoms with van der Waals surface area (Å²) in [5, 5.41) is 22.4. The number of carbonyl (C=O) groups is 1. The van der Waals surface area contributed by atoms with Crippen molar-refractivity contribution in [1.29, 1.82) is 5.26 Å². The molecule has 0 spiro atoms. The van der Waals surface area contributed by atoms with E-state index in [-0.39, 0.29) is 17.1 Å². The van der Waals surface area contributed by atoms with Crippen LogP contribution < -0.4 is 5.32 Å². The van der Waals surface area contributed by atoms with Gasteiger partial charge in [-0.3, -0.25) is 9.36 Å². The number of fused-ring (bicyclic) bond motifs is 1. The van der Waals surface area contributed by atoms with Crippen molar-refractivity contribution in [3.63, 3.8) is 0 Å². The van der Waals surface area contributed by atoms with Crippen molar-refractivity contribution in [2.75, 3.05) is 11.1 Å². The Hall–Kier alpha value is -2.83. The lowest BCUT2D eigenvalue weighted by atomic mass is 9.72. The number of nitriles is 1. The van der Waals surface area contributed by atoms with Crippen molar-refractivity contribution in [2.24, 2.45) is 11.3 Å². The number of hydrogen-bond acceptors (Lipinski definition) is 7. The predicted molar refractivity (Wildman–Crippen MR) is 131 cm³/mol. The molecule has 0 aliphatic heterocycles. The van der Waals surface area contributed by atoms with E-state index < -0.39 is 0 Å². The van der Waals surface area contributed by atoms with E-state index in [1.54, 1.807) is 29.7 Å². The van der Waals surface area contributed by atoms with Crippen LogP contribution in [0.25, 0.3) is 11.6 Å². The molecule has 0 radical (unpaired) electrons. The molecule has 1 amide bonds. The monoisotopic (exact) mass is 481 g/mol. The van der Waals surface area contributed by atoms with Crippen LogP contribution in [0.2, 0.25) is 0 Å². The highest BCUT2D eigenvalue weighted by Crippen LogP contribution is 2.44. The maximum absolute atomic E-state index is 12.8. The average Bonchev–Trinajstić information content (AvgIpc) is 3.49. The zero-order valence-corrected chi connectivity index (χ0v) is 20.7. The minimum Gasteiger partial charge on any atom is -0.461 e. The molecule has 0 saturated heterocycles. The van der Waals surface area contributed by atoms with Gasteiger partial charge in [0.1, 0.15) is 11.1 Å². The smallest absolute Gasteiger partial charge is 0.235 e. The Morgan fingerprint density at radius 2 is 2.30 bits per heavy atom. The summed E-state index contributed by atoms with van der Waals surface area (Å²) in [4.78, 5) is 14.0. The first-order chi connectivity index (χ1) is 15.8. The molecule has 172 valence electrons. The summed E-state index contributed by atoms with van der Waals surface area (Å²) in [5.41, 5.74) is 1.96. The highest BCUT2D eigenvalue weighted by molar-refractivity contribution is 7.99. The molecule has 1 aliphatic rings. The molecule has 0 unspecified atom stereocenters. The van der Waals surface area contributed by atoms with Crippen LogP contribution in [0.1, 0.15) is 43.2 Å². The number of thioether (sulfide) groups is 1. The maximum atomic E-state index is 12.8. The Morgan fingerprint density at radius 3 is 2.97 bits per heavy atom. The lowest BCUT2D eigenvalue weighted by Crippen LogP contribution is -2.26. The van der Waals surface area contributed by atoms with Crippen molar-refractivity contribution in [3.8, 4) is 17.7 Å². The second-order valence-corrected chi connectivity index (χ2v) is 11.2. The number of thiophene rings is 1. The molecule has 4 rings (SSSR count). The number of amides is 1. The lowest BCUT2D eigenvalue weighted by molar-refractivity contribution is -0.113. The van der Waals surface area contributed by atoms with Crippen LogP contribution in [0.4, 0.5) is 5.00 Å². The SMILES string of the molecule is C=CCn1c(SCC(=O)Nc2sc3c(c2C#N)CC[C@@H](C(C)(C)C)C3)nnc1-c1ccco1. The molecule has 3 aromatic rings. The van der Waals surface area contributed by atoms with Gasteiger partial charge in [-0.2, -0.15) is 5.26 Å². The summed E-state index contributed by atoms with van der Waals surface area (Å²) in [6.07, 6.45) is 6.26. The number of anilines is 1. The van der Waals surface area contributed by atoms with Crippen LogP contribution in [0, 0.1) is 22.7 Å². The summed E-state index contributed by atoms with van der Waals surface area (Å²) < 4.78 is 7.30. The molecule has 1 N–H and O–H groups in total. The minimum atomic E-state index is -0.171. The molecule has 7 nitrogen and oxygen atoms in total. The zero-order chi connectivity index (χ0) is 23.6. The Labute approximate surface area is 201 Å². The minimum absolute atomic E-state index is 0.158. The normalized spacial score (nSPS) is 15.6. The number of rotatable bonds is 7. The number of nitrogens with one attached hydrogen (secondary N) is 1. The van der Waals surface area contributed by atoms with Gasteiger partial charge in [-0.1, -0.05) is 38.6 Å². The molecule has 0 aromatic carbocycles. The highest BCUT2D eigenvalue weighted by Gasteiger charge is 2.32. The van der Waals surface area contributed by atoms with Gasteiger partial charge >= 0.3 is 0 Å². The first-order valence-electron chi connectivity index (χ1n) is 10.9. The van der Waals surface area contributed by atoms with Gasteiger partial charge in [-0.25, -0.2) is 0 Å². The average molecular weight is 482 g/mol. The van der Waals surface area contributed by atoms with Gasteiger partial charge in [0, 0.05) is 11.4 Å². The summed E-state index contributed by atoms with van der Waals surface area (Å²) in [6, 6.07) is 5.93. The fourth-order valence-corrected chi connectivity index (χ4v) is 6.14. The number of allylic oxidation sites excluding steroid dienone is 1. The lowest BCUT2D eigenvalue weighted by Gasteiger charge is -2.33. The highest BCUT2D eigenvalue weighted by atomic mass is 32.2. The molecule has 0 fully saturated rings. The van der Waals surface area contributed by atoms with E-state index in [1.165, 1.54) is 16.6 Å². The molecule has 0 bridgehead atoms. The van der Waals surface area contributed by atoms with Gasteiger partial charge in [-0.05, 0) is 48.3 Å². The van der Waals surface area contributed by atoms with Gasteiger partial charge < -0.3 is 9.73 Å². The first kappa shape index (κ1) is 23.3. The van der Waals surface area contributed by atoms with Gasteiger partial charge in [0.15, 0.2) is 10.9 Å². The van der Waals surface area contributed by atoms with Gasteiger partial charge in [0.25, 0.3) is 0 Å². The summed E-state index contributed by atoms with van der Waals surface area (Å²) >= 11 is 2.84. The first-order valence-corrected chi connectivity index (χ1v) is 12.7. The third-order valence-electron chi connectivity index (χ3n) is 5.96. The molecule has 9 heteroatoms. The van der Waals surface area contributed by atoms with Gasteiger partial charge in [0.05, 0.1) is 17.6 Å². The van der Waals surface area contributed by atoms with E-state index in [0.29, 0.717) is 39.8 Å². The molecule has 0 saturated carbocycles. The number of carbonyl (C=O) groups excluding carboxylic acids is 1. The Morgan fingerprint density at radius 1 is 1.48 bits per heavy atom. The van der Waals surface area contributed by atoms with Gasteiger partial charge in [-0.15, -0.1) is 28.1 Å². The number of nitrogens with zero attached hydrogens (tertiary/aromatic N) is 4. The van der Waals surface area contributed by atoms with E-state index in [4.69, 9.17) is 4.42 Å². The fraction of sp³-hybridized carbons (Fsp3) is 0.417. The molecule has 3 heterocycles. The molecule has 1 aliphatic carbocycles. The van der Waals surface area contributed by atoms with E-state index in [9.17, 15) is 10.1 Å². The topological polar surface area (TPSA) is 96.7 Å². The summed E-state index contributed by atoms with van der Waals surface area (Å²) in [5.74, 6) is 1.76. The van der Waals surface area contributed by atoms with Crippen molar-refractivity contribution in [1.82, 2.24) is 14.8 Å². The number of furan rings is 1. The van der Waals surface area contributed by atoms with E-state index in [1.807, 2.05) is 10.6 Å². The van der Waals surface area contributed by atoms with Crippen molar-refractivity contribution < 1.29 is 9.21 Å². The number of aromatic nitrogens is 3. The zero-order valence-electron chi connectivity index (χ0n) is 19.1. The molecule has 3 aromatic heterocycles. The Bertz CT molecular complexity index is 1190. The molecular formula is C24H27N5O2S2. The molecule has 33 heavy (non-hydrogen) atoms. The Kier molecular flexibility index (Phi) is 6.77. The molecule has 1 atom stereocenters. The third-order valence-corrected chi connectivity index (χ3v) is 8.09. The standard InChI is InChI=1S/C24H27N5O2S2/c1-5-10-29-21(18-7-6-11-31-18)27-28-23(29)32-14-20(30)26-22-17(13-25)16-9-8-15(24(2,3)4)12-19(16)33-22/h5-7,11,15H,1,8-10,12,14H2,2-4H3,(H,26,30)/t15-/m1/s1. The molecular weight excluding hydrogens is 454 g/mol. The Balaban J connectivity index is 1.46. The summed E-state index contributed by atoms with van der Waals surface area (Å²) in [6.45, 7) is 11.1. The number of hydrogen-bond donors (Lipinski definition) is 1. The van der Waals surface area contributed by atoms with Crippen molar-refractivity contribution in [2.45, 2.75) is 51.7 Å². The largest absolute Gasteiger partial charge is 0.461 e. The van der Waals surface area contributed by atoms with E-state index in [2.05, 4.69) is 48.9 Å². The third kappa shape index (κ3) is 4.92. The van der Waals surface area contributed by atoms with Gasteiger partial charge in [0.2, 0.25) is 11.7 Å². The maximum Gasteiger partial charge on any atom is 0.235 e. The summed E-state index contributed by atoms with van der Waals surface area (Å²) in [7, 11) is 0. The van der Waals surface area contributed by atoms with Crippen LogP contribution in [0.3, 0.4) is 0 Å². The van der Waals surface area contributed by atoms with Crippen LogP contribution in [-0.4, -0.2) is 26.4 Å². The van der Waals surface area contributed by atoms with Crippen LogP contribution >= 0.6 is 23.1 Å².